The Morgan fingerprint density at radius 3 is 1.35 bits per heavy atom. The predicted molar refractivity (Wildman–Crippen MR) is 91.4 cm³/mol. The lowest BCUT2D eigenvalue weighted by Crippen LogP contribution is -2.33. The Morgan fingerprint density at radius 1 is 0.550 bits per heavy atom. The maximum atomic E-state index is 6.30. The number of hydrogen-bond donors (Lipinski definition) is 0. The van der Waals surface area contributed by atoms with Crippen molar-refractivity contribution in [3.8, 4) is 0 Å². The van der Waals surface area contributed by atoms with Gasteiger partial charge in [-0.05, 0) is 26.2 Å². The van der Waals surface area contributed by atoms with E-state index in [0.29, 0.717) is 0 Å². The van der Waals surface area contributed by atoms with E-state index in [4.69, 9.17) is 4.74 Å². The van der Waals surface area contributed by atoms with Crippen molar-refractivity contribution in [3.63, 3.8) is 0 Å². The molecule has 0 aromatic heterocycles. The number of unbranched alkanes of at least 4 members (excludes halogenated alkanes) is 7. The summed E-state index contributed by atoms with van der Waals surface area (Å²) in [5, 5.41) is 0. The molecule has 0 aliphatic heterocycles. The lowest BCUT2D eigenvalue weighted by atomic mass is 9.85. The molecule has 0 saturated heterocycles. The molecule has 0 fully saturated rings. The zero-order valence-electron chi connectivity index (χ0n) is 14.8. The molecule has 0 aliphatic carbocycles. The monoisotopic (exact) mass is 284 g/mol. The Morgan fingerprint density at radius 2 is 0.950 bits per heavy atom. The van der Waals surface area contributed by atoms with E-state index in [1.54, 1.807) is 0 Å². The third-order valence-corrected chi connectivity index (χ3v) is 4.41. The quantitative estimate of drug-likeness (QED) is 0.297. The molecule has 0 saturated carbocycles. The van der Waals surface area contributed by atoms with Crippen LogP contribution in [0.5, 0.6) is 0 Å². The average molecular weight is 285 g/mol. The van der Waals surface area contributed by atoms with E-state index < -0.39 is 0 Å². The summed E-state index contributed by atoms with van der Waals surface area (Å²) >= 11 is 0. The highest BCUT2D eigenvalue weighted by Gasteiger charge is 2.28. The van der Waals surface area contributed by atoms with Gasteiger partial charge in [0.25, 0.3) is 0 Å². The minimum atomic E-state index is 0.201. The van der Waals surface area contributed by atoms with Gasteiger partial charge in [0.15, 0.2) is 0 Å². The van der Waals surface area contributed by atoms with Crippen molar-refractivity contribution in [2.45, 2.75) is 117 Å². The Balaban J connectivity index is 4.37. The minimum Gasteiger partial charge on any atom is -0.375 e. The van der Waals surface area contributed by atoms with Crippen LogP contribution in [0.4, 0.5) is 0 Å². The Kier molecular flexibility index (Phi) is 13.9. The molecule has 0 radical (unpaired) electrons. The van der Waals surface area contributed by atoms with Gasteiger partial charge in [-0.25, -0.2) is 0 Å². The lowest BCUT2D eigenvalue weighted by Gasteiger charge is -2.34. The van der Waals surface area contributed by atoms with Gasteiger partial charge in [0.1, 0.15) is 0 Å². The van der Waals surface area contributed by atoms with E-state index >= 15 is 0 Å². The molecule has 20 heavy (non-hydrogen) atoms. The molecule has 0 bridgehead atoms. The van der Waals surface area contributed by atoms with Gasteiger partial charge >= 0.3 is 0 Å². The van der Waals surface area contributed by atoms with Crippen LogP contribution in [0, 0.1) is 0 Å². The molecule has 1 nitrogen and oxygen atoms in total. The highest BCUT2D eigenvalue weighted by Crippen LogP contribution is 2.32. The summed E-state index contributed by atoms with van der Waals surface area (Å²) in [6, 6.07) is 0. The molecule has 0 aliphatic rings. The molecule has 122 valence electrons. The first-order chi connectivity index (χ1) is 9.74. The molecule has 0 rings (SSSR count). The molecule has 0 aromatic rings. The molecule has 0 atom stereocenters. The van der Waals surface area contributed by atoms with E-state index in [-0.39, 0.29) is 5.60 Å². The van der Waals surface area contributed by atoms with E-state index in [1.165, 1.54) is 83.5 Å². The topological polar surface area (TPSA) is 9.23 Å². The van der Waals surface area contributed by atoms with Gasteiger partial charge in [0, 0.05) is 6.61 Å². The van der Waals surface area contributed by atoms with E-state index in [2.05, 4.69) is 27.7 Å². The molecule has 0 heterocycles. The highest BCUT2D eigenvalue weighted by molar-refractivity contribution is 4.81. The summed E-state index contributed by atoms with van der Waals surface area (Å²) in [6.07, 6.45) is 17.3. The van der Waals surface area contributed by atoms with Crippen LogP contribution >= 0.6 is 0 Å². The van der Waals surface area contributed by atoms with Crippen LogP contribution < -0.4 is 0 Å². The van der Waals surface area contributed by atoms with E-state index in [0.717, 1.165) is 6.61 Å². The van der Waals surface area contributed by atoms with Crippen LogP contribution in [0.1, 0.15) is 111 Å². The molecular weight excluding hydrogens is 244 g/mol. The largest absolute Gasteiger partial charge is 0.375 e. The molecular formula is C19H40O. The molecule has 0 spiro atoms. The number of hydrogen-bond acceptors (Lipinski definition) is 1. The normalized spacial score (nSPS) is 12.0. The van der Waals surface area contributed by atoms with Crippen LogP contribution in [-0.2, 0) is 4.74 Å². The second kappa shape index (κ2) is 13.9. The summed E-state index contributed by atoms with van der Waals surface area (Å²) in [7, 11) is 0. The fraction of sp³-hybridized carbons (Fsp3) is 1.00. The molecule has 0 aromatic carbocycles. The van der Waals surface area contributed by atoms with Crippen molar-refractivity contribution in [2.24, 2.45) is 0 Å². The third-order valence-electron chi connectivity index (χ3n) is 4.41. The van der Waals surface area contributed by atoms with Crippen LogP contribution in [-0.4, -0.2) is 12.2 Å². The average Bonchev–Trinajstić information content (AvgIpc) is 2.44. The van der Waals surface area contributed by atoms with Crippen LogP contribution in [0.3, 0.4) is 0 Å². The fourth-order valence-corrected chi connectivity index (χ4v) is 3.17. The van der Waals surface area contributed by atoms with E-state index in [1.807, 2.05) is 0 Å². The number of rotatable bonds is 15. The van der Waals surface area contributed by atoms with Crippen molar-refractivity contribution in [2.75, 3.05) is 6.61 Å². The molecule has 0 amide bonds. The zero-order chi connectivity index (χ0) is 15.1. The lowest BCUT2D eigenvalue weighted by molar-refractivity contribution is -0.0623. The number of ether oxygens (including phenoxy) is 1. The van der Waals surface area contributed by atoms with Gasteiger partial charge in [-0.1, -0.05) is 85.0 Å². The van der Waals surface area contributed by atoms with Gasteiger partial charge in [0.2, 0.25) is 0 Å². The Hall–Kier alpha value is -0.0400. The van der Waals surface area contributed by atoms with Crippen molar-refractivity contribution >= 4 is 0 Å². The Labute approximate surface area is 128 Å². The van der Waals surface area contributed by atoms with Crippen LogP contribution in [0.2, 0.25) is 0 Å². The highest BCUT2D eigenvalue weighted by atomic mass is 16.5. The van der Waals surface area contributed by atoms with Crippen molar-refractivity contribution in [1.29, 1.82) is 0 Å². The SMILES string of the molecule is CCCCCCC(CCCCC)(CCCCC)OCC. The standard InChI is InChI=1S/C19H40O/c1-5-9-12-15-18-19(20-8-4,16-13-10-6-2)17-14-11-7-3/h5-18H2,1-4H3. The van der Waals surface area contributed by atoms with Gasteiger partial charge in [-0.3, -0.25) is 0 Å². The van der Waals surface area contributed by atoms with Crippen molar-refractivity contribution < 1.29 is 4.74 Å². The van der Waals surface area contributed by atoms with Crippen molar-refractivity contribution in [3.05, 3.63) is 0 Å². The maximum absolute atomic E-state index is 6.30. The third kappa shape index (κ3) is 9.80. The first kappa shape index (κ1) is 20.0. The van der Waals surface area contributed by atoms with Crippen LogP contribution in [0.25, 0.3) is 0 Å². The minimum absolute atomic E-state index is 0.201. The first-order valence-electron chi connectivity index (χ1n) is 9.38. The van der Waals surface area contributed by atoms with Gasteiger partial charge in [-0.2, -0.15) is 0 Å². The maximum Gasteiger partial charge on any atom is 0.0682 e. The second-order valence-corrected chi connectivity index (χ2v) is 6.34. The second-order valence-electron chi connectivity index (χ2n) is 6.34. The summed E-state index contributed by atoms with van der Waals surface area (Å²) in [5.74, 6) is 0. The first-order valence-corrected chi connectivity index (χ1v) is 9.38. The molecule has 0 N–H and O–H groups in total. The molecule has 0 unspecified atom stereocenters. The summed E-state index contributed by atoms with van der Waals surface area (Å²) in [4.78, 5) is 0. The van der Waals surface area contributed by atoms with Gasteiger partial charge in [0.05, 0.1) is 5.60 Å². The zero-order valence-corrected chi connectivity index (χ0v) is 14.8. The summed E-state index contributed by atoms with van der Waals surface area (Å²) in [6.45, 7) is 9.92. The fourth-order valence-electron chi connectivity index (χ4n) is 3.17. The summed E-state index contributed by atoms with van der Waals surface area (Å²) < 4.78 is 6.30. The van der Waals surface area contributed by atoms with E-state index in [9.17, 15) is 0 Å². The van der Waals surface area contributed by atoms with Crippen LogP contribution in [0.15, 0.2) is 0 Å². The molecule has 1 heteroatoms. The van der Waals surface area contributed by atoms with Gasteiger partial charge in [-0.15, -0.1) is 0 Å². The Bertz CT molecular complexity index is 178. The van der Waals surface area contributed by atoms with Crippen molar-refractivity contribution in [1.82, 2.24) is 0 Å². The summed E-state index contributed by atoms with van der Waals surface area (Å²) in [5.41, 5.74) is 0.201. The smallest absolute Gasteiger partial charge is 0.0682 e. The predicted octanol–water partition coefficient (Wildman–Crippen LogP) is 6.89. The van der Waals surface area contributed by atoms with Gasteiger partial charge < -0.3 is 4.74 Å².